The third-order valence-electron chi connectivity index (χ3n) is 6.11. The highest BCUT2D eigenvalue weighted by atomic mass is 32.2. The molecule has 8 heteroatoms. The molecule has 1 amide bonds. The number of likely N-dealkylation sites (tertiary alicyclic amines) is 1. The molecule has 2 aromatic carbocycles. The quantitative estimate of drug-likeness (QED) is 0.482. The lowest BCUT2D eigenvalue weighted by Crippen LogP contribution is -2.29. The van der Waals surface area contributed by atoms with Gasteiger partial charge in [-0.25, -0.2) is 13.1 Å². The van der Waals surface area contributed by atoms with E-state index < -0.39 is 10.0 Å². The summed E-state index contributed by atoms with van der Waals surface area (Å²) in [5, 5.41) is 2.91. The molecule has 180 valence electrons. The summed E-state index contributed by atoms with van der Waals surface area (Å²) in [6.07, 6.45) is 5.35. The van der Waals surface area contributed by atoms with Gasteiger partial charge in [0.15, 0.2) is 0 Å². The Morgan fingerprint density at radius 2 is 1.71 bits per heavy atom. The molecule has 7 nitrogen and oxygen atoms in total. The SMILES string of the molecule is Cc1ccc(S(=O)(=O)NCc2ccco2)cc1C(=O)NCc1ccc(CN2CCCCC2)cc1. The number of hydrogen-bond donors (Lipinski definition) is 2. The highest BCUT2D eigenvalue weighted by Crippen LogP contribution is 2.17. The maximum Gasteiger partial charge on any atom is 0.251 e. The Hall–Kier alpha value is -2.94. The molecule has 1 aliphatic heterocycles. The number of carbonyl (C=O) groups excluding carboxylic acids is 1. The van der Waals surface area contributed by atoms with Crippen LogP contribution in [0.3, 0.4) is 0 Å². The van der Waals surface area contributed by atoms with Crippen LogP contribution < -0.4 is 10.0 Å². The number of carbonyl (C=O) groups is 1. The molecule has 0 saturated carbocycles. The minimum Gasteiger partial charge on any atom is -0.468 e. The summed E-state index contributed by atoms with van der Waals surface area (Å²) in [7, 11) is -3.79. The van der Waals surface area contributed by atoms with Crippen molar-refractivity contribution in [3.8, 4) is 0 Å². The molecule has 4 rings (SSSR count). The van der Waals surface area contributed by atoms with Gasteiger partial charge in [0.25, 0.3) is 5.91 Å². The van der Waals surface area contributed by atoms with Gasteiger partial charge < -0.3 is 9.73 Å². The molecule has 2 N–H and O–H groups in total. The third kappa shape index (κ3) is 6.34. The Morgan fingerprint density at radius 3 is 2.41 bits per heavy atom. The van der Waals surface area contributed by atoms with Crippen molar-refractivity contribution in [1.82, 2.24) is 14.9 Å². The monoisotopic (exact) mass is 481 g/mol. The average molecular weight is 482 g/mol. The van der Waals surface area contributed by atoms with Gasteiger partial charge in [-0.3, -0.25) is 9.69 Å². The third-order valence-corrected chi connectivity index (χ3v) is 7.51. The van der Waals surface area contributed by atoms with Gasteiger partial charge in [-0.05, 0) is 73.8 Å². The van der Waals surface area contributed by atoms with Gasteiger partial charge in [0, 0.05) is 18.7 Å². The van der Waals surface area contributed by atoms with Gasteiger partial charge in [0.05, 0.1) is 17.7 Å². The van der Waals surface area contributed by atoms with Gasteiger partial charge in [0.2, 0.25) is 10.0 Å². The van der Waals surface area contributed by atoms with E-state index in [4.69, 9.17) is 4.42 Å². The summed E-state index contributed by atoms with van der Waals surface area (Å²) in [6.45, 7) is 5.47. The van der Waals surface area contributed by atoms with Gasteiger partial charge >= 0.3 is 0 Å². The zero-order valence-electron chi connectivity index (χ0n) is 19.4. The lowest BCUT2D eigenvalue weighted by Gasteiger charge is -2.26. The molecule has 0 atom stereocenters. The summed E-state index contributed by atoms with van der Waals surface area (Å²) in [4.78, 5) is 15.4. The number of hydrogen-bond acceptors (Lipinski definition) is 5. The maximum atomic E-state index is 12.8. The van der Waals surface area contributed by atoms with Crippen molar-refractivity contribution in [2.24, 2.45) is 0 Å². The van der Waals surface area contributed by atoms with Crippen molar-refractivity contribution < 1.29 is 17.6 Å². The number of nitrogens with one attached hydrogen (secondary N) is 2. The largest absolute Gasteiger partial charge is 0.468 e. The Morgan fingerprint density at radius 1 is 0.971 bits per heavy atom. The Bertz CT molecular complexity index is 1200. The molecule has 3 aromatic rings. The molecule has 1 aliphatic rings. The first-order valence-electron chi connectivity index (χ1n) is 11.6. The number of sulfonamides is 1. The van der Waals surface area contributed by atoms with Gasteiger partial charge in [0.1, 0.15) is 5.76 Å². The van der Waals surface area contributed by atoms with Crippen LogP contribution in [-0.4, -0.2) is 32.3 Å². The zero-order valence-corrected chi connectivity index (χ0v) is 20.2. The number of benzene rings is 2. The van der Waals surface area contributed by atoms with E-state index in [2.05, 4.69) is 27.1 Å². The van der Waals surface area contributed by atoms with Crippen LogP contribution in [0.4, 0.5) is 0 Å². The fraction of sp³-hybridized carbons (Fsp3) is 0.346. The average Bonchev–Trinajstić information content (AvgIpc) is 3.37. The first-order chi connectivity index (χ1) is 16.4. The molecule has 0 unspecified atom stereocenters. The van der Waals surface area contributed by atoms with Crippen molar-refractivity contribution >= 4 is 15.9 Å². The van der Waals surface area contributed by atoms with Crippen LogP contribution in [-0.2, 0) is 29.7 Å². The van der Waals surface area contributed by atoms with Crippen LogP contribution in [0.25, 0.3) is 0 Å². The minimum atomic E-state index is -3.79. The highest BCUT2D eigenvalue weighted by Gasteiger charge is 2.18. The lowest BCUT2D eigenvalue weighted by molar-refractivity contribution is 0.0950. The number of aryl methyl sites for hydroxylation is 1. The van der Waals surface area contributed by atoms with E-state index in [1.54, 1.807) is 25.1 Å². The lowest BCUT2D eigenvalue weighted by atomic mass is 10.1. The predicted octanol–water partition coefficient (Wildman–Crippen LogP) is 3.98. The highest BCUT2D eigenvalue weighted by molar-refractivity contribution is 7.89. The molecular weight excluding hydrogens is 450 g/mol. The fourth-order valence-electron chi connectivity index (χ4n) is 4.09. The first-order valence-corrected chi connectivity index (χ1v) is 13.1. The van der Waals surface area contributed by atoms with Crippen molar-refractivity contribution in [3.63, 3.8) is 0 Å². The van der Waals surface area contributed by atoms with E-state index in [1.807, 2.05) is 12.1 Å². The summed E-state index contributed by atoms with van der Waals surface area (Å²) >= 11 is 0. The molecule has 34 heavy (non-hydrogen) atoms. The molecule has 2 heterocycles. The van der Waals surface area contributed by atoms with E-state index in [-0.39, 0.29) is 17.3 Å². The van der Waals surface area contributed by atoms with Gasteiger partial charge in [-0.2, -0.15) is 0 Å². The number of furan rings is 1. The van der Waals surface area contributed by atoms with Crippen molar-refractivity contribution in [2.45, 2.75) is 50.7 Å². The smallest absolute Gasteiger partial charge is 0.251 e. The van der Waals surface area contributed by atoms with Crippen molar-refractivity contribution in [3.05, 3.63) is 88.9 Å². The number of amides is 1. The van der Waals surface area contributed by atoms with E-state index in [1.165, 1.54) is 43.2 Å². The molecule has 0 aliphatic carbocycles. The van der Waals surface area contributed by atoms with E-state index in [0.29, 0.717) is 23.4 Å². The fourth-order valence-corrected chi connectivity index (χ4v) is 5.11. The molecule has 0 spiro atoms. The molecule has 0 bridgehead atoms. The van der Waals surface area contributed by atoms with Crippen LogP contribution in [0, 0.1) is 6.92 Å². The van der Waals surface area contributed by atoms with Gasteiger partial charge in [-0.15, -0.1) is 0 Å². The maximum absolute atomic E-state index is 12.8. The minimum absolute atomic E-state index is 0.0388. The number of rotatable bonds is 9. The van der Waals surface area contributed by atoms with Crippen molar-refractivity contribution in [2.75, 3.05) is 13.1 Å². The number of piperidine rings is 1. The van der Waals surface area contributed by atoms with Crippen LogP contribution in [0.5, 0.6) is 0 Å². The Balaban J connectivity index is 1.36. The molecule has 0 radical (unpaired) electrons. The van der Waals surface area contributed by atoms with Crippen LogP contribution >= 0.6 is 0 Å². The summed E-state index contributed by atoms with van der Waals surface area (Å²) < 4.78 is 33.0. The second-order valence-corrected chi connectivity index (χ2v) is 10.5. The summed E-state index contributed by atoms with van der Waals surface area (Å²) in [5.41, 5.74) is 3.31. The topological polar surface area (TPSA) is 91.6 Å². The zero-order chi connectivity index (χ0) is 24.0. The van der Waals surface area contributed by atoms with Crippen LogP contribution in [0.1, 0.15) is 52.1 Å². The van der Waals surface area contributed by atoms with Crippen molar-refractivity contribution in [1.29, 1.82) is 0 Å². The normalized spacial score (nSPS) is 14.7. The Kier molecular flexibility index (Phi) is 7.82. The van der Waals surface area contributed by atoms with E-state index in [0.717, 1.165) is 25.2 Å². The van der Waals surface area contributed by atoms with E-state index >= 15 is 0 Å². The van der Waals surface area contributed by atoms with Gasteiger partial charge in [-0.1, -0.05) is 36.8 Å². The predicted molar refractivity (Wildman–Crippen MR) is 131 cm³/mol. The molecule has 1 aromatic heterocycles. The summed E-state index contributed by atoms with van der Waals surface area (Å²) in [5.74, 6) is 0.202. The second-order valence-electron chi connectivity index (χ2n) is 8.72. The van der Waals surface area contributed by atoms with E-state index in [9.17, 15) is 13.2 Å². The first kappa shape index (κ1) is 24.2. The van der Waals surface area contributed by atoms with Crippen LogP contribution in [0.15, 0.2) is 70.2 Å². The number of nitrogens with zero attached hydrogens (tertiary/aromatic N) is 1. The second kappa shape index (κ2) is 11.0. The summed E-state index contributed by atoms with van der Waals surface area (Å²) in [6, 6.07) is 16.2. The van der Waals surface area contributed by atoms with Crippen LogP contribution in [0.2, 0.25) is 0 Å². The molecular formula is C26H31N3O4S. The Labute approximate surface area is 201 Å². The molecule has 1 fully saturated rings. The standard InChI is InChI=1S/C26H31N3O4S/c1-20-7-12-24(34(31,32)28-18-23-6-5-15-33-23)16-25(20)26(30)27-17-21-8-10-22(11-9-21)19-29-13-3-2-4-14-29/h5-12,15-16,28H,2-4,13-14,17-19H2,1H3,(H,27,30). The molecule has 1 saturated heterocycles.